The number of benzene rings is 4. The fraction of sp³-hybridized carbons (Fsp3) is 0.189. The fourth-order valence-corrected chi connectivity index (χ4v) is 5.88. The van der Waals surface area contributed by atoms with Gasteiger partial charge in [-0.25, -0.2) is 9.37 Å². The Kier molecular flexibility index (Phi) is 8.81. The average molecular weight is 637 g/mol. The third kappa shape index (κ3) is 6.48. The first-order valence-corrected chi connectivity index (χ1v) is 15.2. The number of hydrogen-bond acceptors (Lipinski definition) is 6. The van der Waals surface area contributed by atoms with E-state index in [1.54, 1.807) is 37.7 Å². The van der Waals surface area contributed by atoms with Crippen molar-refractivity contribution in [2.24, 2.45) is 7.05 Å². The molecule has 0 saturated carbocycles. The first kappa shape index (κ1) is 30.9. The summed E-state index contributed by atoms with van der Waals surface area (Å²) in [6, 6.07) is 28.6. The van der Waals surface area contributed by atoms with Gasteiger partial charge in [0.05, 0.1) is 23.3 Å². The molecule has 0 aliphatic rings. The van der Waals surface area contributed by atoms with Crippen molar-refractivity contribution in [2.75, 3.05) is 12.4 Å². The van der Waals surface area contributed by atoms with E-state index in [2.05, 4.69) is 39.6 Å². The molecule has 9 heteroatoms. The predicted molar refractivity (Wildman–Crippen MR) is 180 cm³/mol. The summed E-state index contributed by atoms with van der Waals surface area (Å²) in [5, 5.41) is 4.12. The highest BCUT2D eigenvalue weighted by Crippen LogP contribution is 2.42. The van der Waals surface area contributed by atoms with Gasteiger partial charge in [0.25, 0.3) is 0 Å². The van der Waals surface area contributed by atoms with E-state index in [4.69, 9.17) is 25.8 Å². The number of fused-ring (bicyclic) bond motifs is 1. The number of halogens is 2. The van der Waals surface area contributed by atoms with Crippen molar-refractivity contribution in [2.45, 2.75) is 32.0 Å². The highest BCUT2D eigenvalue weighted by Gasteiger charge is 2.35. The maximum absolute atomic E-state index is 15.4. The zero-order chi connectivity index (χ0) is 32.3. The van der Waals surface area contributed by atoms with Crippen LogP contribution in [0.15, 0.2) is 110 Å². The minimum atomic E-state index is -0.760. The standard InChI is InChI=1S/C37H34ClFN4O3/c1-37(2,36(24-11-7-5-8-12-24)25-13-9-6-10-14-25)46-32-22-31(28(39)20-27(32)38)42-29-15-16-40-30-21-34(33(44-4)19-26(29)30)45-23-35-41-17-18-43(35)3/h5-22,36H,23H2,1-4H3,(H,40,42). The maximum Gasteiger partial charge on any atom is 0.164 e. The average Bonchev–Trinajstić information content (AvgIpc) is 3.47. The molecule has 0 saturated heterocycles. The van der Waals surface area contributed by atoms with Crippen molar-refractivity contribution in [1.29, 1.82) is 0 Å². The van der Waals surface area contributed by atoms with Gasteiger partial charge in [0.1, 0.15) is 29.6 Å². The van der Waals surface area contributed by atoms with Crippen LogP contribution in [0, 0.1) is 5.82 Å². The van der Waals surface area contributed by atoms with Gasteiger partial charge in [-0.05, 0) is 43.2 Å². The second kappa shape index (κ2) is 13.1. The SMILES string of the molecule is COc1cc2c(Nc3cc(OC(C)(C)C(c4ccccc4)c4ccccc4)c(Cl)cc3F)ccnc2cc1OCc1nccn1C. The number of methoxy groups -OCH3 is 1. The smallest absolute Gasteiger partial charge is 0.164 e. The monoisotopic (exact) mass is 636 g/mol. The molecule has 7 nitrogen and oxygen atoms in total. The fourth-order valence-electron chi connectivity index (χ4n) is 5.69. The van der Waals surface area contributed by atoms with Gasteiger partial charge < -0.3 is 24.1 Å². The number of nitrogens with zero attached hydrogens (tertiary/aromatic N) is 3. The molecule has 0 unspecified atom stereocenters. The molecule has 0 atom stereocenters. The van der Waals surface area contributed by atoms with Crippen LogP contribution < -0.4 is 19.5 Å². The largest absolute Gasteiger partial charge is 0.493 e. The topological polar surface area (TPSA) is 70.4 Å². The number of imidazole rings is 1. The van der Waals surface area contributed by atoms with Crippen LogP contribution in [0.5, 0.6) is 17.2 Å². The Morgan fingerprint density at radius 3 is 2.17 bits per heavy atom. The van der Waals surface area contributed by atoms with Gasteiger partial charge in [0, 0.05) is 54.8 Å². The number of ether oxygens (including phenoxy) is 3. The Morgan fingerprint density at radius 2 is 1.54 bits per heavy atom. The summed E-state index contributed by atoms with van der Waals surface area (Å²) in [7, 11) is 3.47. The Hall–Kier alpha value is -5.08. The minimum absolute atomic E-state index is 0.127. The molecular weight excluding hydrogens is 603 g/mol. The molecule has 0 radical (unpaired) electrons. The molecule has 46 heavy (non-hydrogen) atoms. The van der Waals surface area contributed by atoms with Crippen LogP contribution in [-0.2, 0) is 13.7 Å². The van der Waals surface area contributed by atoms with Crippen LogP contribution in [-0.4, -0.2) is 27.2 Å². The number of hydrogen-bond donors (Lipinski definition) is 1. The maximum atomic E-state index is 15.4. The van der Waals surface area contributed by atoms with Gasteiger partial charge in [0.15, 0.2) is 11.5 Å². The van der Waals surface area contributed by atoms with Crippen LogP contribution in [0.2, 0.25) is 5.02 Å². The van der Waals surface area contributed by atoms with Crippen molar-refractivity contribution < 1.29 is 18.6 Å². The van der Waals surface area contributed by atoms with Crippen molar-refractivity contribution in [3.63, 3.8) is 0 Å². The summed E-state index contributed by atoms with van der Waals surface area (Å²) in [4.78, 5) is 8.84. The van der Waals surface area contributed by atoms with E-state index in [0.717, 1.165) is 17.0 Å². The van der Waals surface area contributed by atoms with Crippen LogP contribution >= 0.6 is 11.6 Å². The summed E-state index contributed by atoms with van der Waals surface area (Å²) in [5.41, 5.74) is 2.89. The summed E-state index contributed by atoms with van der Waals surface area (Å²) in [6.45, 7) is 4.29. The molecule has 234 valence electrons. The van der Waals surface area contributed by atoms with Crippen LogP contribution in [0.4, 0.5) is 15.8 Å². The Bertz CT molecular complexity index is 1930. The van der Waals surface area contributed by atoms with E-state index >= 15 is 4.39 Å². The second-order valence-corrected chi connectivity index (χ2v) is 11.9. The summed E-state index contributed by atoms with van der Waals surface area (Å²) in [6.07, 6.45) is 5.22. The number of nitrogens with one attached hydrogen (secondary N) is 1. The van der Waals surface area contributed by atoms with Gasteiger partial charge in [-0.15, -0.1) is 0 Å². The summed E-state index contributed by atoms with van der Waals surface area (Å²) < 4.78 is 35.7. The van der Waals surface area contributed by atoms with Gasteiger partial charge in [-0.3, -0.25) is 4.98 Å². The van der Waals surface area contributed by atoms with E-state index in [1.165, 1.54) is 6.07 Å². The van der Waals surface area contributed by atoms with Crippen LogP contribution in [0.3, 0.4) is 0 Å². The number of aryl methyl sites for hydroxylation is 1. The molecule has 0 amide bonds. The van der Waals surface area contributed by atoms with Crippen LogP contribution in [0.1, 0.15) is 36.7 Å². The van der Waals surface area contributed by atoms with Gasteiger partial charge in [0.2, 0.25) is 0 Å². The lowest BCUT2D eigenvalue weighted by Gasteiger charge is -2.36. The van der Waals surface area contributed by atoms with Crippen molar-refractivity contribution in [1.82, 2.24) is 14.5 Å². The Balaban J connectivity index is 1.31. The van der Waals surface area contributed by atoms with E-state index < -0.39 is 11.4 Å². The lowest BCUT2D eigenvalue weighted by molar-refractivity contribution is 0.0911. The van der Waals surface area contributed by atoms with E-state index in [1.807, 2.05) is 74.1 Å². The molecular formula is C37H34ClFN4O3. The van der Waals surface area contributed by atoms with Crippen molar-refractivity contribution >= 4 is 33.9 Å². The number of pyridine rings is 1. The van der Waals surface area contributed by atoms with E-state index in [9.17, 15) is 0 Å². The van der Waals surface area contributed by atoms with E-state index in [-0.39, 0.29) is 23.2 Å². The van der Waals surface area contributed by atoms with Crippen LogP contribution in [0.25, 0.3) is 10.9 Å². The molecule has 0 aliphatic heterocycles. The molecule has 2 aromatic heterocycles. The van der Waals surface area contributed by atoms with Crippen molar-refractivity contribution in [3.05, 3.63) is 137 Å². The third-order valence-electron chi connectivity index (χ3n) is 7.93. The first-order chi connectivity index (χ1) is 22.2. The molecule has 2 heterocycles. The molecule has 6 rings (SSSR count). The van der Waals surface area contributed by atoms with E-state index in [0.29, 0.717) is 33.8 Å². The first-order valence-electron chi connectivity index (χ1n) is 14.8. The molecule has 4 aromatic carbocycles. The highest BCUT2D eigenvalue weighted by molar-refractivity contribution is 6.32. The Labute approximate surface area is 272 Å². The quantitative estimate of drug-likeness (QED) is 0.153. The molecule has 1 N–H and O–H groups in total. The lowest BCUT2D eigenvalue weighted by Crippen LogP contribution is -2.37. The molecule has 0 fully saturated rings. The number of aromatic nitrogens is 3. The second-order valence-electron chi connectivity index (χ2n) is 11.5. The predicted octanol–water partition coefficient (Wildman–Crippen LogP) is 9.08. The summed E-state index contributed by atoms with van der Waals surface area (Å²) in [5.74, 6) is 1.50. The molecule has 0 spiro atoms. The molecule has 0 aliphatic carbocycles. The normalized spacial score (nSPS) is 11.5. The number of anilines is 2. The number of rotatable bonds is 11. The molecule has 0 bridgehead atoms. The zero-order valence-electron chi connectivity index (χ0n) is 26.0. The van der Waals surface area contributed by atoms with Crippen molar-refractivity contribution in [3.8, 4) is 17.2 Å². The lowest BCUT2D eigenvalue weighted by atomic mass is 9.79. The van der Waals surface area contributed by atoms with Gasteiger partial charge >= 0.3 is 0 Å². The Morgan fingerprint density at radius 1 is 0.848 bits per heavy atom. The zero-order valence-corrected chi connectivity index (χ0v) is 26.8. The van der Waals surface area contributed by atoms with Gasteiger partial charge in [-0.2, -0.15) is 0 Å². The summed E-state index contributed by atoms with van der Waals surface area (Å²) >= 11 is 6.60. The minimum Gasteiger partial charge on any atom is -0.493 e. The van der Waals surface area contributed by atoms with Gasteiger partial charge in [-0.1, -0.05) is 72.3 Å². The molecule has 6 aromatic rings. The highest BCUT2D eigenvalue weighted by atomic mass is 35.5. The third-order valence-corrected chi connectivity index (χ3v) is 8.22.